The van der Waals surface area contributed by atoms with Crippen molar-refractivity contribution in [3.05, 3.63) is 190 Å². The molecule has 376 valence electrons. The smallest absolute Gasteiger partial charge is 0.219 e. The lowest BCUT2D eigenvalue weighted by atomic mass is 10.1. The van der Waals surface area contributed by atoms with Crippen LogP contribution in [0.25, 0.3) is 18.2 Å². The molecule has 0 atom stereocenters. The summed E-state index contributed by atoms with van der Waals surface area (Å²) >= 11 is 8.11. The van der Waals surface area contributed by atoms with Gasteiger partial charge in [-0.1, -0.05) is 136 Å². The first-order valence-corrected chi connectivity index (χ1v) is 23.7. The van der Waals surface area contributed by atoms with Gasteiger partial charge in [-0.05, 0) is 64.2 Å². The van der Waals surface area contributed by atoms with E-state index in [2.05, 4.69) is 26.3 Å². The van der Waals surface area contributed by atoms with E-state index in [4.69, 9.17) is 26.4 Å². The molecule has 5 rings (SSSR count). The second-order valence-corrected chi connectivity index (χ2v) is 17.4. The van der Waals surface area contributed by atoms with Crippen LogP contribution in [0.1, 0.15) is 88.8 Å². The number of ether oxygens (including phenoxy) is 3. The maximum Gasteiger partial charge on any atom is 0.219 e. The molecular formula is C54H55F9O4S3. The highest BCUT2D eigenvalue weighted by molar-refractivity contribution is 8.23. The minimum atomic E-state index is -1.30. The molecule has 0 saturated carbocycles. The Bertz CT molecular complexity index is 2370. The fraction of sp³-hybridized carbons (Fsp3) is 0.259. The largest absolute Gasteiger partial charge is 0.490 e. The summed E-state index contributed by atoms with van der Waals surface area (Å²) in [5.74, 6) is -9.85. The molecule has 4 nitrogen and oxygen atoms in total. The molecule has 70 heavy (non-hydrogen) atoms. The average Bonchev–Trinajstić information content (AvgIpc) is 3.36. The summed E-state index contributed by atoms with van der Waals surface area (Å²) in [6.45, 7) is 17.7. The second kappa shape index (κ2) is 30.8. The number of thioether (sulfide) groups is 2. The molecule has 16 heteroatoms. The predicted octanol–water partition coefficient (Wildman–Crippen LogP) is 16.8. The zero-order valence-electron chi connectivity index (χ0n) is 38.2. The SMILES string of the molecule is C.C=CCCOc1c(C)c(F)c(C=C)c(F)c1F.C=Cc1c(F)c(C)c(OCCCCSC(=O)c2ccccc2)c(F)c1F.C=Cc1c(F)c(C)c(OCCCCSC(=S)c2ccccc2)c(F)c1F. The summed E-state index contributed by atoms with van der Waals surface area (Å²) in [6.07, 6.45) is 7.45. The first-order chi connectivity index (χ1) is 33.0. The molecule has 0 unspecified atom stereocenters. The highest BCUT2D eigenvalue weighted by Gasteiger charge is 2.25. The molecule has 0 saturated heterocycles. The molecule has 0 fully saturated rings. The molecule has 0 heterocycles. The van der Waals surface area contributed by atoms with Gasteiger partial charge in [0, 0.05) is 44.7 Å². The summed E-state index contributed by atoms with van der Waals surface area (Å²) in [5.41, 5.74) is -0.0134. The Labute approximate surface area is 418 Å². The lowest BCUT2D eigenvalue weighted by Gasteiger charge is -2.13. The fourth-order valence-corrected chi connectivity index (χ4v) is 8.10. The zero-order valence-corrected chi connectivity index (χ0v) is 40.7. The van der Waals surface area contributed by atoms with Crippen LogP contribution >= 0.6 is 35.7 Å². The predicted molar refractivity (Wildman–Crippen MR) is 274 cm³/mol. The number of carbonyl (C=O) groups excluding carboxylic acids is 1. The summed E-state index contributed by atoms with van der Waals surface area (Å²) in [7, 11) is 0. The Morgan fingerprint density at radius 2 is 0.843 bits per heavy atom. The Balaban J connectivity index is 0.000000366. The van der Waals surface area contributed by atoms with Gasteiger partial charge in [0.2, 0.25) is 22.6 Å². The first kappa shape index (κ1) is 60.4. The fourth-order valence-electron chi connectivity index (χ4n) is 6.04. The molecule has 5 aromatic carbocycles. The number of hydrogen-bond acceptors (Lipinski definition) is 7. The van der Waals surface area contributed by atoms with Gasteiger partial charge >= 0.3 is 0 Å². The van der Waals surface area contributed by atoms with Gasteiger partial charge in [-0.25, -0.2) is 26.3 Å². The van der Waals surface area contributed by atoms with E-state index >= 15 is 0 Å². The zero-order chi connectivity index (χ0) is 51.2. The van der Waals surface area contributed by atoms with Gasteiger partial charge in [0.05, 0.1) is 24.0 Å². The van der Waals surface area contributed by atoms with Crippen LogP contribution in [0.15, 0.2) is 93.1 Å². The normalized spacial score (nSPS) is 10.3. The maximum atomic E-state index is 14.0. The summed E-state index contributed by atoms with van der Waals surface area (Å²) in [6, 6.07) is 18.7. The lowest BCUT2D eigenvalue weighted by molar-refractivity contribution is 0.108. The highest BCUT2D eigenvalue weighted by atomic mass is 32.2. The average molecular weight is 1040 g/mol. The second-order valence-electron chi connectivity index (χ2n) is 14.6. The number of rotatable bonds is 21. The Morgan fingerprint density at radius 3 is 1.20 bits per heavy atom. The van der Waals surface area contributed by atoms with Crippen LogP contribution in [0.4, 0.5) is 39.5 Å². The standard InChI is InChI=1S/C20H19F3O2S.C20H19F3OS2.C13H13F3O.CH4/c1-3-15-16(21)13(2)19(18(23)17(15)22)25-11-7-8-12-26-20(24)14-9-5-4-6-10-14;1-3-15-16(21)13(2)19(18(23)17(15)22)24-11-7-8-12-26-20(25)14-9-5-4-6-10-14;1-4-6-7-17-13-8(3)10(14)9(5-2)11(15)12(13)16;/h2*3-6,9-10H,1,7-8,11-12H2,2H3;4-5H,1-2,6-7H2,3H3;1H4. The van der Waals surface area contributed by atoms with Crippen molar-refractivity contribution >= 4 is 63.3 Å². The van der Waals surface area contributed by atoms with E-state index in [1.807, 2.05) is 36.4 Å². The topological polar surface area (TPSA) is 44.8 Å². The number of carbonyl (C=O) groups is 1. The Kier molecular flexibility index (Phi) is 26.6. The van der Waals surface area contributed by atoms with Crippen LogP contribution in [-0.4, -0.2) is 40.6 Å². The molecule has 0 N–H and O–H groups in total. The van der Waals surface area contributed by atoms with Gasteiger partial charge in [0.1, 0.15) is 17.5 Å². The quantitative estimate of drug-likeness (QED) is 0.0239. The number of thiocarbonyl (C=S) groups is 1. The minimum absolute atomic E-state index is 0. The number of hydrogen-bond donors (Lipinski definition) is 0. The third-order valence-electron chi connectivity index (χ3n) is 9.84. The van der Waals surface area contributed by atoms with E-state index < -0.39 is 80.5 Å². The van der Waals surface area contributed by atoms with Crippen molar-refractivity contribution in [1.82, 2.24) is 0 Å². The van der Waals surface area contributed by atoms with Crippen molar-refractivity contribution < 1.29 is 58.5 Å². The number of halogens is 9. The summed E-state index contributed by atoms with van der Waals surface area (Å²) in [4.78, 5) is 11.9. The van der Waals surface area contributed by atoms with Gasteiger partial charge in [-0.15, -0.1) is 18.3 Å². The van der Waals surface area contributed by atoms with E-state index in [0.717, 1.165) is 40.2 Å². The maximum absolute atomic E-state index is 14.0. The first-order valence-electron chi connectivity index (χ1n) is 21.3. The third-order valence-corrected chi connectivity index (χ3v) is 12.4. The molecule has 0 spiro atoms. The molecule has 0 aliphatic heterocycles. The Morgan fingerprint density at radius 1 is 0.500 bits per heavy atom. The van der Waals surface area contributed by atoms with Gasteiger partial charge in [-0.2, -0.15) is 13.2 Å². The molecular weight excluding hydrogens is 980 g/mol. The van der Waals surface area contributed by atoms with Crippen LogP contribution in [0, 0.1) is 73.1 Å². The van der Waals surface area contributed by atoms with Crippen LogP contribution < -0.4 is 14.2 Å². The van der Waals surface area contributed by atoms with Crippen LogP contribution in [0.5, 0.6) is 17.2 Å². The molecule has 0 bridgehead atoms. The monoisotopic (exact) mass is 1030 g/mol. The van der Waals surface area contributed by atoms with Crippen LogP contribution in [0.3, 0.4) is 0 Å². The van der Waals surface area contributed by atoms with Crippen molar-refractivity contribution in [2.24, 2.45) is 0 Å². The van der Waals surface area contributed by atoms with Crippen LogP contribution in [0.2, 0.25) is 0 Å². The molecule has 0 amide bonds. The molecule has 0 aromatic heterocycles. The van der Waals surface area contributed by atoms with Crippen molar-refractivity contribution in [1.29, 1.82) is 0 Å². The van der Waals surface area contributed by atoms with Crippen molar-refractivity contribution in [3.8, 4) is 17.2 Å². The van der Waals surface area contributed by atoms with Crippen molar-refractivity contribution in [3.63, 3.8) is 0 Å². The van der Waals surface area contributed by atoms with E-state index in [1.54, 1.807) is 42.1 Å². The number of benzene rings is 5. The van der Waals surface area contributed by atoms with E-state index in [-0.39, 0.29) is 54.8 Å². The summed E-state index contributed by atoms with van der Waals surface area (Å²) in [5, 5.41) is -0.0161. The summed E-state index contributed by atoms with van der Waals surface area (Å²) < 4.78 is 141. The Hall–Kier alpha value is -5.71. The van der Waals surface area contributed by atoms with E-state index in [1.165, 1.54) is 32.5 Å². The van der Waals surface area contributed by atoms with E-state index in [9.17, 15) is 44.3 Å². The van der Waals surface area contributed by atoms with Gasteiger partial charge in [0.25, 0.3) is 0 Å². The van der Waals surface area contributed by atoms with Crippen molar-refractivity contribution in [2.45, 2.75) is 60.3 Å². The van der Waals surface area contributed by atoms with E-state index in [0.29, 0.717) is 37.0 Å². The van der Waals surface area contributed by atoms with Crippen LogP contribution in [-0.2, 0) is 0 Å². The van der Waals surface area contributed by atoms with Gasteiger partial charge in [0.15, 0.2) is 34.7 Å². The highest BCUT2D eigenvalue weighted by Crippen LogP contribution is 2.34. The minimum Gasteiger partial charge on any atom is -0.490 e. The lowest BCUT2D eigenvalue weighted by Crippen LogP contribution is -2.07. The molecule has 0 radical (unpaired) electrons. The van der Waals surface area contributed by atoms with Crippen molar-refractivity contribution in [2.75, 3.05) is 31.3 Å². The number of unbranched alkanes of at least 4 members (excludes halogenated alkanes) is 2. The van der Waals surface area contributed by atoms with Gasteiger partial charge in [-0.3, -0.25) is 4.79 Å². The molecule has 0 aliphatic rings. The molecule has 0 aliphatic carbocycles. The third kappa shape index (κ3) is 16.4. The molecule has 5 aromatic rings. The van der Waals surface area contributed by atoms with Gasteiger partial charge < -0.3 is 14.2 Å².